The second-order valence-corrected chi connectivity index (χ2v) is 8.61. The topological polar surface area (TPSA) is 75.5 Å². The van der Waals surface area contributed by atoms with E-state index in [0.29, 0.717) is 28.1 Å². The molecular weight excluding hydrogens is 410 g/mol. The number of rotatable bonds is 7. The molecule has 0 bridgehead atoms. The summed E-state index contributed by atoms with van der Waals surface area (Å²) < 4.78 is 0. The number of amides is 1. The normalized spacial score (nSPS) is 16.7. The van der Waals surface area contributed by atoms with Gasteiger partial charge in [0.1, 0.15) is 0 Å². The molecule has 0 radical (unpaired) electrons. The molecular formula is C21H24ClN3O3S. The highest BCUT2D eigenvalue weighted by Gasteiger charge is 2.24. The lowest BCUT2D eigenvalue weighted by Crippen LogP contribution is -2.40. The van der Waals surface area contributed by atoms with Gasteiger partial charge in [0.25, 0.3) is 11.6 Å². The van der Waals surface area contributed by atoms with Crippen LogP contribution in [0.4, 0.5) is 5.69 Å². The minimum absolute atomic E-state index is 0.0876. The maximum Gasteiger partial charge on any atom is 0.284 e. The Kier molecular flexibility index (Phi) is 7.16. The van der Waals surface area contributed by atoms with Crippen LogP contribution in [0.1, 0.15) is 35.7 Å². The van der Waals surface area contributed by atoms with Crippen LogP contribution in [0.25, 0.3) is 0 Å². The van der Waals surface area contributed by atoms with Crippen LogP contribution in [0.2, 0.25) is 5.02 Å². The van der Waals surface area contributed by atoms with Crippen LogP contribution < -0.4 is 5.32 Å². The van der Waals surface area contributed by atoms with Crippen LogP contribution in [0.3, 0.4) is 0 Å². The van der Waals surface area contributed by atoms with Gasteiger partial charge in [-0.1, -0.05) is 36.4 Å². The summed E-state index contributed by atoms with van der Waals surface area (Å²) in [5.41, 5.74) is 1.15. The van der Waals surface area contributed by atoms with Crippen molar-refractivity contribution in [2.45, 2.75) is 42.5 Å². The minimum atomic E-state index is -0.454. The Labute approximate surface area is 179 Å². The quantitative estimate of drug-likeness (QED) is 0.495. The molecule has 3 rings (SSSR count). The predicted octanol–water partition coefficient (Wildman–Crippen LogP) is 4.92. The molecule has 1 saturated heterocycles. The van der Waals surface area contributed by atoms with Crippen LogP contribution in [-0.4, -0.2) is 41.4 Å². The molecule has 154 valence electrons. The Bertz CT molecular complexity index is 922. The standard InChI is InChI=1S/C21H24ClN3O3S/c1-3-24-10-4-5-16(24)13-23-21(26)15-7-9-20(19(11-15)25(27)28)29-17-8-6-14(2)18(22)12-17/h6-9,11-12,16H,3-5,10,13H2,1-2H3,(H,23,26). The Morgan fingerprint density at radius 3 is 2.83 bits per heavy atom. The molecule has 1 heterocycles. The van der Waals surface area contributed by atoms with E-state index in [4.69, 9.17) is 11.6 Å². The van der Waals surface area contributed by atoms with Gasteiger partial charge in [0.05, 0.1) is 9.82 Å². The second kappa shape index (κ2) is 9.61. The van der Waals surface area contributed by atoms with E-state index in [1.165, 1.54) is 17.8 Å². The van der Waals surface area contributed by atoms with Gasteiger partial charge in [-0.2, -0.15) is 0 Å². The predicted molar refractivity (Wildman–Crippen MR) is 116 cm³/mol. The molecule has 8 heteroatoms. The lowest BCUT2D eigenvalue weighted by molar-refractivity contribution is -0.387. The highest BCUT2D eigenvalue weighted by atomic mass is 35.5. The first-order chi connectivity index (χ1) is 13.9. The summed E-state index contributed by atoms with van der Waals surface area (Å²) in [4.78, 5) is 27.3. The van der Waals surface area contributed by atoms with E-state index < -0.39 is 4.92 Å². The van der Waals surface area contributed by atoms with Crippen molar-refractivity contribution < 1.29 is 9.72 Å². The molecule has 1 unspecified atom stereocenters. The summed E-state index contributed by atoms with van der Waals surface area (Å²) in [7, 11) is 0. The smallest absolute Gasteiger partial charge is 0.284 e. The number of nitrogens with zero attached hydrogens (tertiary/aromatic N) is 2. The van der Waals surface area contributed by atoms with Crippen molar-refractivity contribution >= 4 is 35.0 Å². The van der Waals surface area contributed by atoms with Gasteiger partial charge in [-0.15, -0.1) is 0 Å². The zero-order chi connectivity index (χ0) is 21.0. The van der Waals surface area contributed by atoms with Crippen LogP contribution >= 0.6 is 23.4 Å². The molecule has 1 aliphatic heterocycles. The number of nitro benzene ring substituents is 1. The third-order valence-corrected chi connectivity index (χ3v) is 6.65. The monoisotopic (exact) mass is 433 g/mol. The van der Waals surface area contributed by atoms with Crippen LogP contribution in [0, 0.1) is 17.0 Å². The number of hydrogen-bond donors (Lipinski definition) is 1. The molecule has 0 saturated carbocycles. The van der Waals surface area contributed by atoms with E-state index in [-0.39, 0.29) is 11.6 Å². The summed E-state index contributed by atoms with van der Waals surface area (Å²) in [6.45, 7) is 6.58. The first-order valence-corrected chi connectivity index (χ1v) is 10.8. The van der Waals surface area contributed by atoms with Crippen LogP contribution in [0.15, 0.2) is 46.2 Å². The van der Waals surface area contributed by atoms with E-state index in [9.17, 15) is 14.9 Å². The first-order valence-electron chi connectivity index (χ1n) is 9.63. The number of carbonyl (C=O) groups is 1. The molecule has 0 aromatic heterocycles. The second-order valence-electron chi connectivity index (χ2n) is 7.09. The van der Waals surface area contributed by atoms with Crippen molar-refractivity contribution in [2.24, 2.45) is 0 Å². The molecule has 0 spiro atoms. The van der Waals surface area contributed by atoms with Crippen molar-refractivity contribution in [1.82, 2.24) is 10.2 Å². The number of likely N-dealkylation sites (tertiary alicyclic amines) is 1. The van der Waals surface area contributed by atoms with Gasteiger partial charge in [0, 0.05) is 34.1 Å². The number of carbonyl (C=O) groups excluding carboxylic acids is 1. The molecule has 2 aromatic rings. The summed E-state index contributed by atoms with van der Waals surface area (Å²) in [5, 5.41) is 15.1. The van der Waals surface area contributed by atoms with Gasteiger partial charge < -0.3 is 5.32 Å². The lowest BCUT2D eigenvalue weighted by atomic mass is 10.1. The molecule has 29 heavy (non-hydrogen) atoms. The molecule has 1 atom stereocenters. The van der Waals surface area contributed by atoms with E-state index in [0.717, 1.165) is 36.4 Å². The SMILES string of the molecule is CCN1CCCC1CNC(=O)c1ccc(Sc2ccc(C)c(Cl)c2)c([N+](=O)[O-])c1. The zero-order valence-corrected chi connectivity index (χ0v) is 18.1. The van der Waals surface area contributed by atoms with Gasteiger partial charge in [0.2, 0.25) is 0 Å². The largest absolute Gasteiger partial charge is 0.350 e. The van der Waals surface area contributed by atoms with E-state index in [1.807, 2.05) is 19.1 Å². The number of halogens is 1. The van der Waals surface area contributed by atoms with Gasteiger partial charge in [-0.3, -0.25) is 19.8 Å². The third-order valence-electron chi connectivity index (χ3n) is 5.19. The molecule has 2 aromatic carbocycles. The molecule has 0 aliphatic carbocycles. The van der Waals surface area contributed by atoms with Crippen molar-refractivity contribution in [3.63, 3.8) is 0 Å². The Hall–Kier alpha value is -2.09. The summed E-state index contributed by atoms with van der Waals surface area (Å²) >= 11 is 7.41. The average Bonchev–Trinajstić information content (AvgIpc) is 3.16. The van der Waals surface area contributed by atoms with E-state index in [2.05, 4.69) is 17.1 Å². The summed E-state index contributed by atoms with van der Waals surface area (Å²) in [6.07, 6.45) is 2.19. The van der Waals surface area contributed by atoms with Crippen molar-refractivity contribution in [2.75, 3.05) is 19.6 Å². The van der Waals surface area contributed by atoms with Gasteiger partial charge in [0.15, 0.2) is 0 Å². The first kappa shape index (κ1) is 21.6. The Morgan fingerprint density at radius 2 is 2.14 bits per heavy atom. The number of likely N-dealkylation sites (N-methyl/N-ethyl adjacent to an activating group) is 1. The van der Waals surface area contributed by atoms with Gasteiger partial charge in [-0.05, 0) is 62.7 Å². The fraction of sp³-hybridized carbons (Fsp3) is 0.381. The fourth-order valence-electron chi connectivity index (χ4n) is 3.51. The number of benzene rings is 2. The highest BCUT2D eigenvalue weighted by Crippen LogP contribution is 2.36. The molecule has 1 fully saturated rings. The van der Waals surface area contributed by atoms with Gasteiger partial charge >= 0.3 is 0 Å². The van der Waals surface area contributed by atoms with Gasteiger partial charge in [-0.25, -0.2) is 0 Å². The summed E-state index contributed by atoms with van der Waals surface area (Å²) in [5.74, 6) is -0.286. The maximum atomic E-state index is 12.5. The third kappa shape index (κ3) is 5.29. The van der Waals surface area contributed by atoms with E-state index in [1.54, 1.807) is 18.2 Å². The van der Waals surface area contributed by atoms with Crippen molar-refractivity contribution in [1.29, 1.82) is 0 Å². The van der Waals surface area contributed by atoms with E-state index >= 15 is 0 Å². The van der Waals surface area contributed by atoms with Crippen LogP contribution in [0.5, 0.6) is 0 Å². The molecule has 1 N–H and O–H groups in total. The number of nitrogens with one attached hydrogen (secondary N) is 1. The maximum absolute atomic E-state index is 12.5. The number of aryl methyl sites for hydroxylation is 1. The average molecular weight is 434 g/mol. The van der Waals surface area contributed by atoms with Crippen LogP contribution in [-0.2, 0) is 0 Å². The Morgan fingerprint density at radius 1 is 1.34 bits per heavy atom. The summed E-state index contributed by atoms with van der Waals surface area (Å²) in [6, 6.07) is 10.5. The number of nitro groups is 1. The molecule has 1 amide bonds. The molecule has 1 aliphatic rings. The Balaban J connectivity index is 1.73. The van der Waals surface area contributed by atoms with Crippen molar-refractivity contribution in [3.8, 4) is 0 Å². The number of hydrogen-bond acceptors (Lipinski definition) is 5. The van der Waals surface area contributed by atoms with Crippen molar-refractivity contribution in [3.05, 3.63) is 62.7 Å². The lowest BCUT2D eigenvalue weighted by Gasteiger charge is -2.22. The zero-order valence-electron chi connectivity index (χ0n) is 16.5. The molecule has 6 nitrogen and oxygen atoms in total. The fourth-order valence-corrected chi connectivity index (χ4v) is 4.69. The highest BCUT2D eigenvalue weighted by molar-refractivity contribution is 7.99. The minimum Gasteiger partial charge on any atom is -0.350 e.